The van der Waals surface area contributed by atoms with E-state index in [-0.39, 0.29) is 5.56 Å². The van der Waals surface area contributed by atoms with Gasteiger partial charge in [0.1, 0.15) is 0 Å². The molecule has 0 saturated heterocycles. The van der Waals surface area contributed by atoms with Crippen LogP contribution in [0.3, 0.4) is 0 Å². The van der Waals surface area contributed by atoms with Crippen LogP contribution in [-0.2, 0) is 6.42 Å². The Morgan fingerprint density at radius 1 is 0.968 bits per heavy atom. The zero-order chi connectivity index (χ0) is 21.8. The Balaban J connectivity index is 1.63. The van der Waals surface area contributed by atoms with Gasteiger partial charge in [0.25, 0.3) is 0 Å². The first-order chi connectivity index (χ1) is 15.0. The molecule has 0 fully saturated rings. The minimum Gasteiger partial charge on any atom is -0.545 e. The molecule has 0 saturated carbocycles. The number of rotatable bonds is 7. The number of carbonyl (C=O) groups excluding carboxylic acids is 1. The number of pyridine rings is 1. The van der Waals surface area contributed by atoms with Crippen molar-refractivity contribution in [1.29, 1.82) is 0 Å². The van der Waals surface area contributed by atoms with Crippen LogP contribution in [-0.4, -0.2) is 24.7 Å². The Kier molecular flexibility index (Phi) is 5.85. The topological polar surface area (TPSA) is 71.5 Å². The highest BCUT2D eigenvalue weighted by atomic mass is 16.5. The SMILES string of the molecule is COc1cc(-c2cc(C(=O)[O-])c3cc(C)ccc3n2)ccc1OCCc1ccccc1. The normalized spacial score (nSPS) is 10.8. The molecule has 5 nitrogen and oxygen atoms in total. The number of aromatic nitrogens is 1. The van der Waals surface area contributed by atoms with Gasteiger partial charge in [-0.15, -0.1) is 0 Å². The summed E-state index contributed by atoms with van der Waals surface area (Å²) in [6, 6.07) is 22.7. The predicted octanol–water partition coefficient (Wildman–Crippen LogP) is 4.20. The lowest BCUT2D eigenvalue weighted by Gasteiger charge is -2.14. The van der Waals surface area contributed by atoms with Gasteiger partial charge in [0.05, 0.1) is 30.9 Å². The van der Waals surface area contributed by atoms with E-state index >= 15 is 0 Å². The predicted molar refractivity (Wildman–Crippen MR) is 118 cm³/mol. The molecule has 0 N–H and O–H groups in total. The van der Waals surface area contributed by atoms with Crippen molar-refractivity contribution in [1.82, 2.24) is 4.98 Å². The highest BCUT2D eigenvalue weighted by Gasteiger charge is 2.12. The van der Waals surface area contributed by atoms with Crippen LogP contribution >= 0.6 is 0 Å². The number of methoxy groups -OCH3 is 1. The number of benzene rings is 3. The van der Waals surface area contributed by atoms with Crippen molar-refractivity contribution in [3.63, 3.8) is 0 Å². The molecule has 4 aromatic rings. The number of fused-ring (bicyclic) bond motifs is 1. The van der Waals surface area contributed by atoms with Crippen LogP contribution in [0.1, 0.15) is 21.5 Å². The Morgan fingerprint density at radius 3 is 2.52 bits per heavy atom. The average Bonchev–Trinajstić information content (AvgIpc) is 2.79. The zero-order valence-electron chi connectivity index (χ0n) is 17.4. The lowest BCUT2D eigenvalue weighted by Crippen LogP contribution is -2.22. The third-order valence-electron chi connectivity index (χ3n) is 5.13. The summed E-state index contributed by atoms with van der Waals surface area (Å²) in [5.74, 6) is -0.0443. The van der Waals surface area contributed by atoms with Gasteiger partial charge < -0.3 is 19.4 Å². The monoisotopic (exact) mass is 412 g/mol. The van der Waals surface area contributed by atoms with E-state index in [4.69, 9.17) is 9.47 Å². The fourth-order valence-corrected chi connectivity index (χ4v) is 3.53. The first-order valence-electron chi connectivity index (χ1n) is 10.0. The highest BCUT2D eigenvalue weighted by molar-refractivity contribution is 6.03. The number of carboxylic acids is 1. The van der Waals surface area contributed by atoms with Crippen LogP contribution < -0.4 is 14.6 Å². The van der Waals surface area contributed by atoms with E-state index in [2.05, 4.69) is 17.1 Å². The lowest BCUT2D eigenvalue weighted by molar-refractivity contribution is -0.254. The number of nitrogens with zero attached hydrogens (tertiary/aromatic N) is 1. The van der Waals surface area contributed by atoms with Crippen molar-refractivity contribution in [2.75, 3.05) is 13.7 Å². The molecule has 0 bridgehead atoms. The van der Waals surface area contributed by atoms with Gasteiger partial charge in [0.2, 0.25) is 0 Å². The second-order valence-corrected chi connectivity index (χ2v) is 7.31. The van der Waals surface area contributed by atoms with Gasteiger partial charge in [0.15, 0.2) is 11.5 Å². The third kappa shape index (κ3) is 4.51. The Hall–Kier alpha value is -3.86. The third-order valence-corrected chi connectivity index (χ3v) is 5.13. The fraction of sp³-hybridized carbons (Fsp3) is 0.154. The number of carbonyl (C=O) groups is 1. The summed E-state index contributed by atoms with van der Waals surface area (Å²) in [5, 5.41) is 12.3. The summed E-state index contributed by atoms with van der Waals surface area (Å²) in [7, 11) is 1.58. The summed E-state index contributed by atoms with van der Waals surface area (Å²) >= 11 is 0. The molecule has 0 amide bonds. The van der Waals surface area contributed by atoms with Crippen LogP contribution in [0.5, 0.6) is 11.5 Å². The molecule has 0 radical (unpaired) electrons. The summed E-state index contributed by atoms with van der Waals surface area (Å²) in [6.07, 6.45) is 0.784. The van der Waals surface area contributed by atoms with Crippen LogP contribution in [0.25, 0.3) is 22.2 Å². The molecule has 31 heavy (non-hydrogen) atoms. The standard InChI is InChI=1S/C26H23NO4/c1-17-8-10-22-20(14-17)21(26(28)29)16-23(27-22)19-9-11-24(25(15-19)30-2)31-13-12-18-6-4-3-5-7-18/h3-11,14-16H,12-13H2,1-2H3,(H,28,29)/p-1. The van der Waals surface area contributed by atoms with E-state index in [0.29, 0.717) is 34.7 Å². The quantitative estimate of drug-likeness (QED) is 0.455. The van der Waals surface area contributed by atoms with E-state index in [1.54, 1.807) is 19.2 Å². The van der Waals surface area contributed by atoms with Gasteiger partial charge in [-0.25, -0.2) is 4.98 Å². The van der Waals surface area contributed by atoms with E-state index in [9.17, 15) is 9.90 Å². The minimum atomic E-state index is -1.23. The maximum atomic E-state index is 11.7. The molecular weight excluding hydrogens is 390 g/mol. The molecule has 0 spiro atoms. The molecule has 4 rings (SSSR count). The lowest BCUT2D eigenvalue weighted by atomic mass is 10.0. The van der Waals surface area contributed by atoms with Crippen molar-refractivity contribution in [2.45, 2.75) is 13.3 Å². The maximum absolute atomic E-state index is 11.7. The second-order valence-electron chi connectivity index (χ2n) is 7.31. The molecule has 0 atom stereocenters. The molecular formula is C26H22NO4-. The maximum Gasteiger partial charge on any atom is 0.161 e. The van der Waals surface area contributed by atoms with Crippen LogP contribution in [0.15, 0.2) is 72.8 Å². The number of ether oxygens (including phenoxy) is 2. The van der Waals surface area contributed by atoms with Crippen LogP contribution in [0.2, 0.25) is 0 Å². The smallest absolute Gasteiger partial charge is 0.161 e. The number of aromatic carboxylic acids is 1. The molecule has 156 valence electrons. The molecule has 0 unspecified atom stereocenters. The van der Waals surface area contributed by atoms with E-state index in [1.165, 1.54) is 5.56 Å². The van der Waals surface area contributed by atoms with Gasteiger partial charge in [-0.2, -0.15) is 0 Å². The van der Waals surface area contributed by atoms with Crippen molar-refractivity contribution in [2.24, 2.45) is 0 Å². The average molecular weight is 412 g/mol. The summed E-state index contributed by atoms with van der Waals surface area (Å²) in [6.45, 7) is 2.43. The number of hydrogen-bond acceptors (Lipinski definition) is 5. The van der Waals surface area contributed by atoms with Crippen LogP contribution in [0, 0.1) is 6.92 Å². The van der Waals surface area contributed by atoms with E-state index < -0.39 is 5.97 Å². The first-order valence-corrected chi connectivity index (χ1v) is 10.0. The van der Waals surface area contributed by atoms with Crippen molar-refractivity contribution < 1.29 is 19.4 Å². The first kappa shape index (κ1) is 20.4. The molecule has 0 aliphatic rings. The Labute approximate surface area is 180 Å². The molecule has 0 aliphatic carbocycles. The van der Waals surface area contributed by atoms with E-state index in [1.807, 2.05) is 55.5 Å². The highest BCUT2D eigenvalue weighted by Crippen LogP contribution is 2.33. The number of hydrogen-bond donors (Lipinski definition) is 0. The summed E-state index contributed by atoms with van der Waals surface area (Å²) in [4.78, 5) is 16.4. The fourth-order valence-electron chi connectivity index (χ4n) is 3.53. The van der Waals surface area contributed by atoms with E-state index in [0.717, 1.165) is 17.5 Å². The van der Waals surface area contributed by atoms with Crippen LogP contribution in [0.4, 0.5) is 0 Å². The molecule has 1 aromatic heterocycles. The zero-order valence-corrected chi connectivity index (χ0v) is 17.4. The number of aryl methyl sites for hydroxylation is 1. The molecule has 5 heteroatoms. The Morgan fingerprint density at radius 2 is 1.77 bits per heavy atom. The number of carboxylic acid groups (broad SMARTS) is 1. The van der Waals surface area contributed by atoms with Gasteiger partial charge in [-0.05, 0) is 48.9 Å². The summed E-state index contributed by atoms with van der Waals surface area (Å²) < 4.78 is 11.4. The van der Waals surface area contributed by atoms with Crippen molar-refractivity contribution >= 4 is 16.9 Å². The van der Waals surface area contributed by atoms with Gasteiger partial charge in [-0.3, -0.25) is 0 Å². The summed E-state index contributed by atoms with van der Waals surface area (Å²) in [5.41, 5.74) is 4.14. The minimum absolute atomic E-state index is 0.117. The molecule has 3 aromatic carbocycles. The second kappa shape index (κ2) is 8.88. The van der Waals surface area contributed by atoms with Gasteiger partial charge in [-0.1, -0.05) is 42.0 Å². The van der Waals surface area contributed by atoms with Gasteiger partial charge in [0, 0.05) is 22.9 Å². The largest absolute Gasteiger partial charge is 0.545 e. The molecule has 0 aliphatic heterocycles. The molecule has 1 heterocycles. The van der Waals surface area contributed by atoms with Gasteiger partial charge >= 0.3 is 0 Å². The Bertz CT molecular complexity index is 1240. The van der Waals surface area contributed by atoms with Crippen molar-refractivity contribution in [3.8, 4) is 22.8 Å². The van der Waals surface area contributed by atoms with Crippen molar-refractivity contribution in [3.05, 3.63) is 89.5 Å².